The molecule has 310 valence electrons. The second kappa shape index (κ2) is 18.0. The maximum Gasteiger partial charge on any atom is 0.164 e. The highest BCUT2D eigenvalue weighted by Crippen LogP contribution is 2.38. The zero-order chi connectivity index (χ0) is 44.1. The molecule has 11 rings (SSSR count). The van der Waals surface area contributed by atoms with Crippen LogP contribution in [0.25, 0.3) is 113 Å². The summed E-state index contributed by atoms with van der Waals surface area (Å²) in [6, 6.07) is 79.3. The summed E-state index contributed by atoms with van der Waals surface area (Å²) in [6.07, 6.45) is 3.68. The quantitative estimate of drug-likeness (QED) is 0.136. The number of hydrogen-bond donors (Lipinski definition) is 0. The molecule has 0 spiro atoms. The van der Waals surface area contributed by atoms with Crippen molar-refractivity contribution in [2.24, 2.45) is 0 Å². The van der Waals surface area contributed by atoms with Gasteiger partial charge in [-0.3, -0.25) is 4.98 Å². The minimum atomic E-state index is 0.606. The highest BCUT2D eigenvalue weighted by Gasteiger charge is 2.17. The fourth-order valence-corrected chi connectivity index (χ4v) is 8.29. The van der Waals surface area contributed by atoms with Crippen molar-refractivity contribution in [1.29, 1.82) is 0 Å². The van der Waals surface area contributed by atoms with Gasteiger partial charge in [0, 0.05) is 45.8 Å². The van der Waals surface area contributed by atoms with E-state index in [1.807, 2.05) is 97.3 Å². The molecule has 0 fully saturated rings. The van der Waals surface area contributed by atoms with E-state index < -0.39 is 0 Å². The Balaban J connectivity index is 0.981. The van der Waals surface area contributed by atoms with Crippen molar-refractivity contribution in [2.45, 2.75) is 0 Å². The lowest BCUT2D eigenvalue weighted by molar-refractivity contribution is 1.07. The van der Waals surface area contributed by atoms with Crippen LogP contribution in [0.15, 0.2) is 243 Å². The smallest absolute Gasteiger partial charge is 0.164 e. The summed E-state index contributed by atoms with van der Waals surface area (Å²) in [6.45, 7) is 0. The van der Waals surface area contributed by atoms with Crippen LogP contribution in [-0.4, -0.2) is 29.9 Å². The van der Waals surface area contributed by atoms with Crippen LogP contribution in [0.3, 0.4) is 0 Å². The Labute approximate surface area is 383 Å². The van der Waals surface area contributed by atoms with Crippen molar-refractivity contribution in [1.82, 2.24) is 29.9 Å². The van der Waals surface area contributed by atoms with E-state index >= 15 is 0 Å². The number of pyridine rings is 1. The third-order valence-electron chi connectivity index (χ3n) is 11.7. The average Bonchev–Trinajstić information content (AvgIpc) is 3.42. The molecular formula is C60H40N6. The Kier molecular flexibility index (Phi) is 10.9. The van der Waals surface area contributed by atoms with Crippen LogP contribution in [0.4, 0.5) is 0 Å². The molecule has 0 aliphatic carbocycles. The van der Waals surface area contributed by atoms with Crippen LogP contribution in [0.5, 0.6) is 0 Å². The van der Waals surface area contributed by atoms with Crippen LogP contribution in [0, 0.1) is 0 Å². The number of benzene rings is 8. The van der Waals surface area contributed by atoms with E-state index in [1.54, 1.807) is 0 Å². The summed E-state index contributed by atoms with van der Waals surface area (Å²) in [4.78, 5) is 29.7. The van der Waals surface area contributed by atoms with Gasteiger partial charge in [0.05, 0.1) is 11.4 Å². The van der Waals surface area contributed by atoms with Gasteiger partial charge in [-0.15, -0.1) is 0 Å². The minimum absolute atomic E-state index is 0.606. The molecule has 11 aromatic rings. The number of rotatable bonds is 10. The number of aromatic nitrogens is 6. The van der Waals surface area contributed by atoms with E-state index in [2.05, 4.69) is 151 Å². The molecule has 0 atom stereocenters. The third kappa shape index (κ3) is 8.42. The van der Waals surface area contributed by atoms with Crippen molar-refractivity contribution < 1.29 is 0 Å². The molecule has 0 aliphatic heterocycles. The molecule has 3 aromatic heterocycles. The lowest BCUT2D eigenvalue weighted by Crippen LogP contribution is -2.00. The lowest BCUT2D eigenvalue weighted by atomic mass is 9.90. The van der Waals surface area contributed by atoms with E-state index in [9.17, 15) is 0 Å². The molecule has 66 heavy (non-hydrogen) atoms. The molecule has 0 N–H and O–H groups in total. The van der Waals surface area contributed by atoms with Gasteiger partial charge in [-0.2, -0.15) is 0 Å². The maximum atomic E-state index is 5.20. The summed E-state index contributed by atoms with van der Waals surface area (Å²) in [5, 5.41) is 0. The zero-order valence-corrected chi connectivity index (χ0v) is 35.8. The molecule has 0 saturated heterocycles. The Bertz CT molecular complexity index is 3380. The fourth-order valence-electron chi connectivity index (χ4n) is 8.29. The summed E-state index contributed by atoms with van der Waals surface area (Å²) in [7, 11) is 0. The molecule has 6 nitrogen and oxygen atoms in total. The highest BCUT2D eigenvalue weighted by atomic mass is 15.0. The first-order valence-corrected chi connectivity index (χ1v) is 21.9. The Morgan fingerprint density at radius 1 is 0.197 bits per heavy atom. The summed E-state index contributed by atoms with van der Waals surface area (Å²) in [5.41, 5.74) is 16.2. The van der Waals surface area contributed by atoms with Gasteiger partial charge < -0.3 is 0 Å². The first-order valence-electron chi connectivity index (χ1n) is 21.9. The van der Waals surface area contributed by atoms with Gasteiger partial charge in [-0.1, -0.05) is 194 Å². The van der Waals surface area contributed by atoms with Crippen molar-refractivity contribution in [3.63, 3.8) is 0 Å². The van der Waals surface area contributed by atoms with Gasteiger partial charge in [0.25, 0.3) is 0 Å². The van der Waals surface area contributed by atoms with E-state index in [4.69, 9.17) is 24.9 Å². The molecule has 3 heterocycles. The molecular weight excluding hydrogens is 805 g/mol. The second-order valence-corrected chi connectivity index (χ2v) is 16.0. The second-order valence-electron chi connectivity index (χ2n) is 16.0. The maximum absolute atomic E-state index is 5.20. The lowest BCUT2D eigenvalue weighted by Gasteiger charge is -2.15. The minimum Gasteiger partial charge on any atom is -0.265 e. The predicted octanol–water partition coefficient (Wildman–Crippen LogP) is 14.7. The van der Waals surface area contributed by atoms with Crippen LogP contribution < -0.4 is 0 Å². The molecule has 0 aliphatic rings. The molecule has 0 radical (unpaired) electrons. The van der Waals surface area contributed by atoms with Crippen molar-refractivity contribution >= 4 is 0 Å². The summed E-state index contributed by atoms with van der Waals surface area (Å²) < 4.78 is 0. The van der Waals surface area contributed by atoms with Crippen LogP contribution >= 0.6 is 0 Å². The largest absolute Gasteiger partial charge is 0.265 e. The normalized spacial score (nSPS) is 11.0. The first-order chi connectivity index (χ1) is 32.7. The van der Waals surface area contributed by atoms with Gasteiger partial charge in [0.15, 0.2) is 23.3 Å². The SMILES string of the molecule is c1ccc(-c2ccc(-c3cc(-c4ccccc4)nc(-c4cccc(-c5ccc(-c6cccc(-c7nc(-c8ccccc8)nc(-c8ccccc8)n7)c6)c(-c6ccncc6)c5)c4)n3)cc2)cc1. The molecule has 0 bridgehead atoms. The van der Waals surface area contributed by atoms with Gasteiger partial charge in [0.1, 0.15) is 0 Å². The summed E-state index contributed by atoms with van der Waals surface area (Å²) in [5.74, 6) is 2.52. The molecule has 8 aromatic carbocycles. The van der Waals surface area contributed by atoms with E-state index in [1.165, 1.54) is 5.56 Å². The van der Waals surface area contributed by atoms with Crippen molar-refractivity contribution in [3.05, 3.63) is 243 Å². The Morgan fingerprint density at radius 3 is 1.15 bits per heavy atom. The van der Waals surface area contributed by atoms with Crippen LogP contribution in [-0.2, 0) is 0 Å². The van der Waals surface area contributed by atoms with E-state index in [0.717, 1.165) is 83.7 Å². The molecule has 0 saturated carbocycles. The van der Waals surface area contributed by atoms with Gasteiger partial charge in [0.2, 0.25) is 0 Å². The van der Waals surface area contributed by atoms with Crippen molar-refractivity contribution in [2.75, 3.05) is 0 Å². The van der Waals surface area contributed by atoms with Crippen molar-refractivity contribution in [3.8, 4) is 113 Å². The molecule has 0 unspecified atom stereocenters. The highest BCUT2D eigenvalue weighted by molar-refractivity contribution is 5.89. The van der Waals surface area contributed by atoms with Crippen LogP contribution in [0.1, 0.15) is 0 Å². The number of nitrogens with zero attached hydrogens (tertiary/aromatic N) is 6. The Hall–Kier alpha value is -9.00. The monoisotopic (exact) mass is 844 g/mol. The third-order valence-corrected chi connectivity index (χ3v) is 11.7. The Morgan fingerprint density at radius 2 is 0.576 bits per heavy atom. The predicted molar refractivity (Wildman–Crippen MR) is 268 cm³/mol. The van der Waals surface area contributed by atoms with Gasteiger partial charge in [-0.05, 0) is 80.9 Å². The average molecular weight is 845 g/mol. The summed E-state index contributed by atoms with van der Waals surface area (Å²) >= 11 is 0. The number of hydrogen-bond acceptors (Lipinski definition) is 6. The zero-order valence-electron chi connectivity index (χ0n) is 35.8. The standard InChI is InChI=1S/C60H40N6/c1-5-15-41(16-6-1)42-27-29-45(30-28-42)56-40-55(44-17-7-2-8-18-44)62-59(63-56)51-25-13-23-48(37-51)49-31-32-53(54(39-49)43-33-35-61-36-34-43)50-24-14-26-52(38-50)60-65-57(46-19-9-3-10-20-46)64-58(66-60)47-21-11-4-12-22-47/h1-40H. The van der Waals surface area contributed by atoms with Gasteiger partial charge in [-0.25, -0.2) is 24.9 Å². The van der Waals surface area contributed by atoms with Crippen LogP contribution in [0.2, 0.25) is 0 Å². The fraction of sp³-hybridized carbons (Fsp3) is 0. The first kappa shape index (κ1) is 39.8. The molecule has 0 amide bonds. The van der Waals surface area contributed by atoms with E-state index in [-0.39, 0.29) is 0 Å². The van der Waals surface area contributed by atoms with E-state index in [0.29, 0.717) is 23.3 Å². The topological polar surface area (TPSA) is 77.3 Å². The molecule has 6 heteroatoms. The van der Waals surface area contributed by atoms with Gasteiger partial charge >= 0.3 is 0 Å².